The highest BCUT2D eigenvalue weighted by atomic mass is 16.5. The van der Waals surface area contributed by atoms with E-state index in [1.165, 1.54) is 0 Å². The molecule has 0 saturated heterocycles. The quantitative estimate of drug-likeness (QED) is 0.484. The smallest absolute Gasteiger partial charge is 0.134 e. The molecule has 0 radical (unpaired) electrons. The van der Waals surface area contributed by atoms with Crippen molar-refractivity contribution in [2.75, 3.05) is 7.11 Å². The van der Waals surface area contributed by atoms with Gasteiger partial charge in [0.05, 0.1) is 18.3 Å². The summed E-state index contributed by atoms with van der Waals surface area (Å²) in [7, 11) is 1.67. The van der Waals surface area contributed by atoms with E-state index < -0.39 is 0 Å². The van der Waals surface area contributed by atoms with Gasteiger partial charge in [-0.05, 0) is 48.6 Å². The fourth-order valence-corrected chi connectivity index (χ4v) is 2.71. The summed E-state index contributed by atoms with van der Waals surface area (Å²) in [4.78, 5) is 4.65. The van der Waals surface area contributed by atoms with Crippen molar-refractivity contribution in [3.63, 3.8) is 0 Å². The molecule has 4 rings (SSSR count). The van der Waals surface area contributed by atoms with E-state index in [4.69, 9.17) is 9.15 Å². The van der Waals surface area contributed by atoms with Gasteiger partial charge < -0.3 is 9.15 Å². The van der Waals surface area contributed by atoms with Crippen LogP contribution >= 0.6 is 0 Å². The molecule has 2 aromatic heterocycles. The molecule has 0 aliphatic rings. The number of hydrogen-bond donors (Lipinski definition) is 0. The van der Waals surface area contributed by atoms with Crippen molar-refractivity contribution < 1.29 is 9.15 Å². The van der Waals surface area contributed by atoms with Crippen molar-refractivity contribution in [3.05, 3.63) is 84.3 Å². The van der Waals surface area contributed by atoms with Crippen molar-refractivity contribution in [3.8, 4) is 17.1 Å². The maximum atomic E-state index is 5.88. The lowest BCUT2D eigenvalue weighted by atomic mass is 10.2. The predicted octanol–water partition coefficient (Wildman–Crippen LogP) is 5.67. The number of aromatic nitrogens is 1. The van der Waals surface area contributed by atoms with Gasteiger partial charge in [-0.3, -0.25) is 0 Å². The third-order valence-electron chi connectivity index (χ3n) is 4.02. The fourth-order valence-electron chi connectivity index (χ4n) is 2.71. The molecule has 0 unspecified atom stereocenters. The number of pyridine rings is 1. The molecular formula is C22H17NO2. The third kappa shape index (κ3) is 3.31. The molecule has 0 aliphatic heterocycles. The molecule has 0 N–H and O–H groups in total. The van der Waals surface area contributed by atoms with Crippen LogP contribution in [0.5, 0.6) is 5.75 Å². The van der Waals surface area contributed by atoms with Crippen molar-refractivity contribution in [1.82, 2.24) is 4.98 Å². The largest absolute Gasteiger partial charge is 0.497 e. The van der Waals surface area contributed by atoms with Crippen LogP contribution in [-0.4, -0.2) is 12.1 Å². The zero-order valence-corrected chi connectivity index (χ0v) is 13.8. The van der Waals surface area contributed by atoms with Gasteiger partial charge in [-0.15, -0.1) is 0 Å². The average molecular weight is 327 g/mol. The molecule has 0 fully saturated rings. The second kappa shape index (κ2) is 6.65. The van der Waals surface area contributed by atoms with E-state index in [0.29, 0.717) is 0 Å². The Bertz CT molecular complexity index is 1030. The Morgan fingerprint density at radius 1 is 0.880 bits per heavy atom. The summed E-state index contributed by atoms with van der Waals surface area (Å²) in [5.74, 6) is 2.50. The minimum Gasteiger partial charge on any atom is -0.497 e. The first kappa shape index (κ1) is 15.2. The number of ether oxygens (including phenoxy) is 1. The second-order valence-electron chi connectivity index (χ2n) is 5.70. The van der Waals surface area contributed by atoms with Crippen molar-refractivity contribution in [2.45, 2.75) is 0 Å². The predicted molar refractivity (Wildman–Crippen MR) is 101 cm³/mol. The summed E-state index contributed by atoms with van der Waals surface area (Å²) in [6, 6.07) is 23.9. The standard InChI is InChI=1S/C22H17NO2/c1-24-20-11-13-21-17(15-20)7-8-18(23-21)9-10-19-12-14-22(25-19)16-5-3-2-4-6-16/h2-15H,1H3. The van der Waals surface area contributed by atoms with E-state index in [1.54, 1.807) is 7.11 Å². The molecule has 0 atom stereocenters. The number of nitrogens with zero attached hydrogens (tertiary/aromatic N) is 1. The highest BCUT2D eigenvalue weighted by Crippen LogP contribution is 2.23. The van der Waals surface area contributed by atoms with Gasteiger partial charge in [0.15, 0.2) is 0 Å². The van der Waals surface area contributed by atoms with Gasteiger partial charge in [0.2, 0.25) is 0 Å². The Hall–Kier alpha value is -3.33. The first-order valence-corrected chi connectivity index (χ1v) is 8.10. The van der Waals surface area contributed by atoms with Gasteiger partial charge >= 0.3 is 0 Å². The first-order valence-electron chi connectivity index (χ1n) is 8.10. The maximum Gasteiger partial charge on any atom is 0.134 e. The molecule has 0 amide bonds. The fraction of sp³-hybridized carbons (Fsp3) is 0.0455. The number of rotatable bonds is 4. The molecule has 0 saturated carbocycles. The lowest BCUT2D eigenvalue weighted by Gasteiger charge is -2.02. The van der Waals surface area contributed by atoms with E-state index >= 15 is 0 Å². The maximum absolute atomic E-state index is 5.88. The van der Waals surface area contributed by atoms with E-state index in [2.05, 4.69) is 4.98 Å². The Labute approximate surface area is 146 Å². The van der Waals surface area contributed by atoms with Crippen molar-refractivity contribution in [2.24, 2.45) is 0 Å². The second-order valence-corrected chi connectivity index (χ2v) is 5.70. The average Bonchev–Trinajstić information content (AvgIpc) is 3.15. The van der Waals surface area contributed by atoms with Crippen LogP contribution in [0.1, 0.15) is 11.5 Å². The summed E-state index contributed by atoms with van der Waals surface area (Å²) < 4.78 is 11.1. The molecule has 2 heterocycles. The molecule has 2 aromatic carbocycles. The molecule has 3 nitrogen and oxygen atoms in total. The number of hydrogen-bond acceptors (Lipinski definition) is 3. The van der Waals surface area contributed by atoms with Crippen LogP contribution in [-0.2, 0) is 0 Å². The van der Waals surface area contributed by atoms with Crippen LogP contribution in [0.25, 0.3) is 34.4 Å². The topological polar surface area (TPSA) is 35.3 Å². The minimum absolute atomic E-state index is 0.801. The monoisotopic (exact) mass is 327 g/mol. The normalized spacial score (nSPS) is 11.2. The zero-order chi connectivity index (χ0) is 17.1. The van der Waals surface area contributed by atoms with Gasteiger partial charge in [0.25, 0.3) is 0 Å². The van der Waals surface area contributed by atoms with Crippen molar-refractivity contribution >= 4 is 23.1 Å². The molecule has 122 valence electrons. The van der Waals surface area contributed by atoms with Gasteiger partial charge in [0.1, 0.15) is 17.3 Å². The van der Waals surface area contributed by atoms with Crippen molar-refractivity contribution in [1.29, 1.82) is 0 Å². The van der Waals surface area contributed by atoms with Crippen LogP contribution in [0.3, 0.4) is 0 Å². The number of fused-ring (bicyclic) bond motifs is 1. The summed E-state index contributed by atoms with van der Waals surface area (Å²) in [6.07, 6.45) is 3.89. The summed E-state index contributed by atoms with van der Waals surface area (Å²) in [6.45, 7) is 0. The zero-order valence-electron chi connectivity index (χ0n) is 13.8. The third-order valence-corrected chi connectivity index (χ3v) is 4.02. The van der Waals surface area contributed by atoms with Gasteiger partial charge in [-0.1, -0.05) is 36.4 Å². The minimum atomic E-state index is 0.801. The van der Waals surface area contributed by atoms with Gasteiger partial charge in [-0.25, -0.2) is 4.98 Å². The van der Waals surface area contributed by atoms with Crippen LogP contribution < -0.4 is 4.74 Å². The molecule has 3 heteroatoms. The summed E-state index contributed by atoms with van der Waals surface area (Å²) in [5.41, 5.74) is 2.89. The SMILES string of the molecule is COc1ccc2nc(C=Cc3ccc(-c4ccccc4)o3)ccc2c1. The Balaban J connectivity index is 1.57. The Morgan fingerprint density at radius 2 is 1.76 bits per heavy atom. The lowest BCUT2D eigenvalue weighted by Crippen LogP contribution is -1.86. The molecule has 4 aromatic rings. The Kier molecular flexibility index (Phi) is 4.05. The molecule has 0 aliphatic carbocycles. The Morgan fingerprint density at radius 3 is 2.60 bits per heavy atom. The number of benzene rings is 2. The van der Waals surface area contributed by atoms with Crippen LogP contribution in [0, 0.1) is 0 Å². The molecular weight excluding hydrogens is 310 g/mol. The summed E-state index contributed by atoms with van der Waals surface area (Å²) >= 11 is 0. The van der Waals surface area contributed by atoms with Crippen LogP contribution in [0.2, 0.25) is 0 Å². The van der Waals surface area contributed by atoms with E-state index in [-0.39, 0.29) is 0 Å². The van der Waals surface area contributed by atoms with E-state index in [9.17, 15) is 0 Å². The molecule has 0 spiro atoms. The first-order chi connectivity index (χ1) is 12.3. The summed E-state index contributed by atoms with van der Waals surface area (Å²) in [5, 5.41) is 1.06. The van der Waals surface area contributed by atoms with E-state index in [0.717, 1.165) is 39.4 Å². The van der Waals surface area contributed by atoms with Crippen LogP contribution in [0.15, 0.2) is 77.2 Å². The van der Waals surface area contributed by atoms with Gasteiger partial charge in [0, 0.05) is 10.9 Å². The number of furan rings is 1. The number of methoxy groups -OCH3 is 1. The lowest BCUT2D eigenvalue weighted by molar-refractivity contribution is 0.415. The highest BCUT2D eigenvalue weighted by Gasteiger charge is 2.02. The van der Waals surface area contributed by atoms with Gasteiger partial charge in [-0.2, -0.15) is 0 Å². The molecule has 0 bridgehead atoms. The highest BCUT2D eigenvalue weighted by molar-refractivity contribution is 5.82. The molecule has 25 heavy (non-hydrogen) atoms. The van der Waals surface area contributed by atoms with Crippen LogP contribution in [0.4, 0.5) is 0 Å². The van der Waals surface area contributed by atoms with E-state index in [1.807, 2.05) is 84.9 Å².